The summed E-state index contributed by atoms with van der Waals surface area (Å²) in [6.45, 7) is 6.77. The molecule has 0 amide bonds. The van der Waals surface area contributed by atoms with Crippen LogP contribution in [0.3, 0.4) is 0 Å². The Kier molecular flexibility index (Phi) is 5.95. The molecule has 6 heteroatoms. The summed E-state index contributed by atoms with van der Waals surface area (Å²) >= 11 is 0. The summed E-state index contributed by atoms with van der Waals surface area (Å²) in [6.07, 6.45) is 0.670. The number of ether oxygens (including phenoxy) is 2. The van der Waals surface area contributed by atoms with Gasteiger partial charge in [0.1, 0.15) is 5.58 Å². The number of methoxy groups -OCH3 is 2. The SMILES string of the molecule is COc1cc2oc(=O)c(CCN3CCN(c4ccccc4)CC3)c(C)c2cc1OC. The highest BCUT2D eigenvalue weighted by Gasteiger charge is 2.19. The summed E-state index contributed by atoms with van der Waals surface area (Å²) in [4.78, 5) is 17.5. The highest BCUT2D eigenvalue weighted by Crippen LogP contribution is 2.33. The van der Waals surface area contributed by atoms with Gasteiger partial charge in [0.15, 0.2) is 11.5 Å². The van der Waals surface area contributed by atoms with Crippen LogP contribution in [-0.4, -0.2) is 51.8 Å². The third-order valence-electron chi connectivity index (χ3n) is 5.96. The lowest BCUT2D eigenvalue weighted by Gasteiger charge is -2.36. The number of nitrogens with zero attached hydrogens (tertiary/aromatic N) is 2. The molecule has 6 nitrogen and oxygen atoms in total. The molecule has 4 rings (SSSR count). The van der Waals surface area contributed by atoms with Crippen LogP contribution in [-0.2, 0) is 6.42 Å². The van der Waals surface area contributed by atoms with Crippen molar-refractivity contribution in [2.75, 3.05) is 51.8 Å². The normalized spacial score (nSPS) is 14.8. The number of piperazine rings is 1. The van der Waals surface area contributed by atoms with Crippen molar-refractivity contribution >= 4 is 16.7 Å². The molecule has 0 saturated carbocycles. The average Bonchev–Trinajstić information content (AvgIpc) is 2.79. The fourth-order valence-corrected chi connectivity index (χ4v) is 4.14. The van der Waals surface area contributed by atoms with Gasteiger partial charge >= 0.3 is 5.63 Å². The molecule has 0 unspecified atom stereocenters. The summed E-state index contributed by atoms with van der Waals surface area (Å²) in [5, 5.41) is 0.885. The van der Waals surface area contributed by atoms with Gasteiger partial charge in [-0.25, -0.2) is 4.79 Å². The third-order valence-corrected chi connectivity index (χ3v) is 5.96. The second kappa shape index (κ2) is 8.79. The monoisotopic (exact) mass is 408 g/mol. The van der Waals surface area contributed by atoms with Crippen LogP contribution in [0.4, 0.5) is 5.69 Å². The standard InChI is InChI=1S/C24H28N2O4/c1-17-19(24(27)30-21-16-23(29-3)22(28-2)15-20(17)21)9-10-25-11-13-26(14-12-25)18-7-5-4-6-8-18/h4-8,15-16H,9-14H2,1-3H3. The first-order valence-corrected chi connectivity index (χ1v) is 10.3. The van der Waals surface area contributed by atoms with Gasteiger partial charge in [-0.05, 0) is 37.1 Å². The summed E-state index contributed by atoms with van der Waals surface area (Å²) in [5.74, 6) is 1.18. The summed E-state index contributed by atoms with van der Waals surface area (Å²) < 4.78 is 16.4. The molecule has 1 saturated heterocycles. The molecule has 30 heavy (non-hydrogen) atoms. The van der Waals surface area contributed by atoms with E-state index in [9.17, 15) is 4.79 Å². The minimum Gasteiger partial charge on any atom is -0.493 e. The molecule has 2 heterocycles. The number of hydrogen-bond acceptors (Lipinski definition) is 6. The molecular weight excluding hydrogens is 380 g/mol. The Morgan fingerprint density at radius 2 is 1.63 bits per heavy atom. The van der Waals surface area contributed by atoms with E-state index >= 15 is 0 Å². The van der Waals surface area contributed by atoms with E-state index in [1.54, 1.807) is 20.3 Å². The van der Waals surface area contributed by atoms with Crippen molar-refractivity contribution in [3.8, 4) is 11.5 Å². The van der Waals surface area contributed by atoms with Gasteiger partial charge in [-0.2, -0.15) is 0 Å². The number of aryl methyl sites for hydroxylation is 1. The Hall–Kier alpha value is -2.99. The molecule has 1 aliphatic heterocycles. The summed E-state index contributed by atoms with van der Waals surface area (Å²) in [5.41, 5.74) is 3.21. The van der Waals surface area contributed by atoms with Gasteiger partial charge in [0.25, 0.3) is 0 Å². The van der Waals surface area contributed by atoms with Crippen molar-refractivity contribution in [1.29, 1.82) is 0 Å². The summed E-state index contributed by atoms with van der Waals surface area (Å²) in [7, 11) is 3.18. The quantitative estimate of drug-likeness (QED) is 0.582. The van der Waals surface area contributed by atoms with Crippen LogP contribution >= 0.6 is 0 Å². The molecule has 0 aliphatic carbocycles. The van der Waals surface area contributed by atoms with Crippen LogP contribution in [0.1, 0.15) is 11.1 Å². The number of anilines is 1. The lowest BCUT2D eigenvalue weighted by molar-refractivity contribution is 0.260. The lowest BCUT2D eigenvalue weighted by Crippen LogP contribution is -2.47. The van der Waals surface area contributed by atoms with E-state index in [2.05, 4.69) is 34.1 Å². The Bertz CT molecular complexity index is 1070. The number of hydrogen-bond donors (Lipinski definition) is 0. The number of benzene rings is 2. The Morgan fingerprint density at radius 1 is 0.967 bits per heavy atom. The van der Waals surface area contributed by atoms with E-state index in [0.29, 0.717) is 23.5 Å². The molecular formula is C24H28N2O4. The van der Waals surface area contributed by atoms with E-state index in [0.717, 1.165) is 49.2 Å². The van der Waals surface area contributed by atoms with Gasteiger partial charge in [-0.3, -0.25) is 4.90 Å². The predicted octanol–water partition coefficient (Wildman–Crippen LogP) is 3.48. The minimum absolute atomic E-state index is 0.268. The topological polar surface area (TPSA) is 55.2 Å². The first-order valence-electron chi connectivity index (χ1n) is 10.3. The molecule has 0 spiro atoms. The fourth-order valence-electron chi connectivity index (χ4n) is 4.14. The van der Waals surface area contributed by atoms with Crippen LogP contribution in [0.15, 0.2) is 51.7 Å². The molecule has 0 N–H and O–H groups in total. The molecule has 0 radical (unpaired) electrons. The first kappa shape index (κ1) is 20.3. The van der Waals surface area contributed by atoms with Crippen LogP contribution in [0.2, 0.25) is 0 Å². The zero-order valence-corrected chi connectivity index (χ0v) is 17.8. The fraction of sp³-hybridized carbons (Fsp3) is 0.375. The molecule has 1 aromatic heterocycles. The third kappa shape index (κ3) is 4.00. The van der Waals surface area contributed by atoms with E-state index in [1.807, 2.05) is 19.1 Å². The molecule has 158 valence electrons. The molecule has 1 fully saturated rings. The van der Waals surface area contributed by atoms with Crippen LogP contribution in [0.5, 0.6) is 11.5 Å². The second-order valence-corrected chi connectivity index (χ2v) is 7.61. The van der Waals surface area contributed by atoms with Crippen molar-refractivity contribution in [3.63, 3.8) is 0 Å². The number of fused-ring (bicyclic) bond motifs is 1. The smallest absolute Gasteiger partial charge is 0.339 e. The van der Waals surface area contributed by atoms with Crippen molar-refractivity contribution in [2.24, 2.45) is 0 Å². The Balaban J connectivity index is 1.47. The van der Waals surface area contributed by atoms with Crippen molar-refractivity contribution < 1.29 is 13.9 Å². The average molecular weight is 408 g/mol. The highest BCUT2D eigenvalue weighted by molar-refractivity contribution is 5.84. The molecule has 2 aromatic carbocycles. The van der Waals surface area contributed by atoms with Gasteiger partial charge in [-0.1, -0.05) is 18.2 Å². The van der Waals surface area contributed by atoms with E-state index < -0.39 is 0 Å². The van der Waals surface area contributed by atoms with Gasteiger partial charge in [0, 0.05) is 55.4 Å². The highest BCUT2D eigenvalue weighted by atomic mass is 16.5. The summed E-state index contributed by atoms with van der Waals surface area (Å²) in [6, 6.07) is 14.1. The van der Waals surface area contributed by atoms with Gasteiger partial charge in [0.05, 0.1) is 14.2 Å². The molecule has 1 aliphatic rings. The minimum atomic E-state index is -0.268. The van der Waals surface area contributed by atoms with Gasteiger partial charge < -0.3 is 18.8 Å². The first-order chi connectivity index (χ1) is 14.6. The number of rotatable bonds is 6. The number of para-hydroxylation sites is 1. The molecule has 0 atom stereocenters. The van der Waals surface area contributed by atoms with Crippen molar-refractivity contribution in [2.45, 2.75) is 13.3 Å². The lowest BCUT2D eigenvalue weighted by atomic mass is 10.0. The van der Waals surface area contributed by atoms with E-state index in [-0.39, 0.29) is 5.63 Å². The van der Waals surface area contributed by atoms with Crippen LogP contribution in [0.25, 0.3) is 11.0 Å². The predicted molar refractivity (Wildman–Crippen MR) is 119 cm³/mol. The van der Waals surface area contributed by atoms with E-state index in [1.165, 1.54) is 5.69 Å². The Morgan fingerprint density at radius 3 is 2.30 bits per heavy atom. The van der Waals surface area contributed by atoms with Gasteiger partial charge in [0.2, 0.25) is 0 Å². The van der Waals surface area contributed by atoms with E-state index in [4.69, 9.17) is 13.9 Å². The van der Waals surface area contributed by atoms with Crippen molar-refractivity contribution in [3.05, 3.63) is 64.0 Å². The Labute approximate surface area is 176 Å². The maximum atomic E-state index is 12.7. The maximum Gasteiger partial charge on any atom is 0.339 e. The molecule has 3 aromatic rings. The van der Waals surface area contributed by atoms with Crippen LogP contribution in [0, 0.1) is 6.92 Å². The second-order valence-electron chi connectivity index (χ2n) is 7.61. The zero-order chi connectivity index (χ0) is 21.1. The molecule has 0 bridgehead atoms. The van der Waals surface area contributed by atoms with Crippen LogP contribution < -0.4 is 20.0 Å². The zero-order valence-electron chi connectivity index (χ0n) is 17.8. The van der Waals surface area contributed by atoms with Crippen molar-refractivity contribution in [1.82, 2.24) is 4.90 Å². The largest absolute Gasteiger partial charge is 0.493 e. The van der Waals surface area contributed by atoms with Gasteiger partial charge in [-0.15, -0.1) is 0 Å². The maximum absolute atomic E-state index is 12.7.